The van der Waals surface area contributed by atoms with Crippen LogP contribution in [0.1, 0.15) is 60.8 Å². The van der Waals surface area contributed by atoms with E-state index in [9.17, 15) is 0 Å². The molecule has 0 saturated carbocycles. The fraction of sp³-hybridized carbons (Fsp3) is 0.778. The van der Waals surface area contributed by atoms with E-state index in [1.807, 2.05) is 0 Å². The quantitative estimate of drug-likeness (QED) is 0.828. The first kappa shape index (κ1) is 15.5. The maximum absolute atomic E-state index is 3.74. The lowest BCUT2D eigenvalue weighted by atomic mass is 10.1. The molecule has 1 aromatic rings. The lowest BCUT2D eigenvalue weighted by Gasteiger charge is -2.29. The zero-order chi connectivity index (χ0) is 14.5. The van der Waals surface area contributed by atoms with Crippen molar-refractivity contribution in [2.45, 2.75) is 70.9 Å². The third-order valence-electron chi connectivity index (χ3n) is 4.90. The van der Waals surface area contributed by atoms with Gasteiger partial charge in [-0.15, -0.1) is 11.3 Å². The summed E-state index contributed by atoms with van der Waals surface area (Å²) < 4.78 is 0. The minimum atomic E-state index is 0.602. The molecule has 0 radical (unpaired) electrons. The molecule has 0 aromatic carbocycles. The molecule has 0 amide bonds. The zero-order valence-corrected chi connectivity index (χ0v) is 14.3. The Hall–Kier alpha value is -0.380. The Morgan fingerprint density at radius 3 is 2.71 bits per heavy atom. The number of piperidine rings is 1. The highest BCUT2D eigenvalue weighted by Gasteiger charge is 2.15. The molecule has 21 heavy (non-hydrogen) atoms. The van der Waals surface area contributed by atoms with Crippen LogP contribution < -0.4 is 5.32 Å². The third-order valence-corrected chi connectivity index (χ3v) is 6.14. The van der Waals surface area contributed by atoms with Crippen LogP contribution in [0, 0.1) is 0 Å². The Morgan fingerprint density at radius 2 is 1.86 bits per heavy atom. The highest BCUT2D eigenvalue weighted by Crippen LogP contribution is 2.28. The van der Waals surface area contributed by atoms with Gasteiger partial charge in [0, 0.05) is 28.9 Å². The predicted molar refractivity (Wildman–Crippen MR) is 92.2 cm³/mol. The van der Waals surface area contributed by atoms with Crippen LogP contribution in [0.4, 0.5) is 0 Å². The molecule has 0 bridgehead atoms. The summed E-state index contributed by atoms with van der Waals surface area (Å²) in [5.74, 6) is 0. The Morgan fingerprint density at radius 1 is 1.10 bits per heavy atom. The first-order valence-electron chi connectivity index (χ1n) is 8.87. The van der Waals surface area contributed by atoms with Crippen LogP contribution in [0.3, 0.4) is 0 Å². The smallest absolute Gasteiger partial charge is 0.0302 e. The second-order valence-corrected chi connectivity index (χ2v) is 8.09. The number of fused-ring (bicyclic) bond motifs is 1. The molecule has 1 aromatic heterocycles. The number of hydrogen-bond donors (Lipinski definition) is 1. The van der Waals surface area contributed by atoms with Crippen LogP contribution in [0.5, 0.6) is 0 Å². The summed E-state index contributed by atoms with van der Waals surface area (Å²) in [4.78, 5) is 5.85. The Balaban J connectivity index is 1.46. The molecule has 1 aliphatic heterocycles. The first-order chi connectivity index (χ1) is 10.3. The van der Waals surface area contributed by atoms with Crippen molar-refractivity contribution in [2.75, 3.05) is 19.6 Å². The topological polar surface area (TPSA) is 15.3 Å². The van der Waals surface area contributed by atoms with Gasteiger partial charge in [-0.25, -0.2) is 0 Å². The van der Waals surface area contributed by atoms with Crippen molar-refractivity contribution in [3.63, 3.8) is 0 Å². The number of aryl methyl sites for hydroxylation is 2. The van der Waals surface area contributed by atoms with E-state index >= 15 is 0 Å². The van der Waals surface area contributed by atoms with Gasteiger partial charge >= 0.3 is 0 Å². The Labute approximate surface area is 133 Å². The van der Waals surface area contributed by atoms with Gasteiger partial charge < -0.3 is 10.2 Å². The lowest BCUT2D eigenvalue weighted by molar-refractivity contribution is 0.209. The SMILES string of the molecule is CC(CN1CCCCC1)NCc1cc2c(s1)CCCCC2. The van der Waals surface area contributed by atoms with Crippen molar-refractivity contribution in [3.05, 3.63) is 21.4 Å². The molecule has 1 aliphatic carbocycles. The number of hydrogen-bond acceptors (Lipinski definition) is 3. The zero-order valence-electron chi connectivity index (χ0n) is 13.5. The van der Waals surface area contributed by atoms with E-state index in [0.717, 1.165) is 6.54 Å². The molecule has 1 N–H and O–H groups in total. The van der Waals surface area contributed by atoms with E-state index in [-0.39, 0.29) is 0 Å². The second-order valence-electron chi connectivity index (χ2n) is 6.87. The predicted octanol–water partition coefficient (Wildman–Crippen LogP) is 3.98. The summed E-state index contributed by atoms with van der Waals surface area (Å²) in [7, 11) is 0. The van der Waals surface area contributed by atoms with Crippen LogP contribution in [-0.4, -0.2) is 30.6 Å². The Kier molecular flexibility index (Phi) is 5.73. The molecule has 0 spiro atoms. The van der Waals surface area contributed by atoms with Gasteiger partial charge in [-0.3, -0.25) is 0 Å². The largest absolute Gasteiger partial charge is 0.308 e. The number of likely N-dealkylation sites (tertiary alicyclic amines) is 1. The van der Waals surface area contributed by atoms with Gasteiger partial charge in [0.2, 0.25) is 0 Å². The van der Waals surface area contributed by atoms with E-state index in [0.29, 0.717) is 6.04 Å². The van der Waals surface area contributed by atoms with Crippen molar-refractivity contribution in [1.29, 1.82) is 0 Å². The number of thiophene rings is 1. The summed E-state index contributed by atoms with van der Waals surface area (Å²) in [6, 6.07) is 3.08. The van der Waals surface area contributed by atoms with Gasteiger partial charge in [-0.05, 0) is 70.2 Å². The van der Waals surface area contributed by atoms with Crippen molar-refractivity contribution in [2.24, 2.45) is 0 Å². The molecule has 2 heterocycles. The monoisotopic (exact) mass is 306 g/mol. The summed E-state index contributed by atoms with van der Waals surface area (Å²) in [6.07, 6.45) is 11.1. The van der Waals surface area contributed by atoms with Crippen molar-refractivity contribution >= 4 is 11.3 Å². The molecule has 2 nitrogen and oxygen atoms in total. The summed E-state index contributed by atoms with van der Waals surface area (Å²) in [6.45, 7) is 7.23. The molecule has 3 heteroatoms. The van der Waals surface area contributed by atoms with E-state index in [4.69, 9.17) is 0 Å². The average Bonchev–Trinajstić information content (AvgIpc) is 2.76. The molecule has 1 unspecified atom stereocenters. The van der Waals surface area contributed by atoms with E-state index in [1.165, 1.54) is 71.0 Å². The van der Waals surface area contributed by atoms with Crippen LogP contribution in [0.25, 0.3) is 0 Å². The standard InChI is InChI=1S/C18H30N2S/c1-15(14-20-10-6-3-7-11-20)19-13-17-12-16-8-4-2-5-9-18(16)21-17/h12,15,19H,2-11,13-14H2,1H3. The summed E-state index contributed by atoms with van der Waals surface area (Å²) in [5.41, 5.74) is 1.65. The van der Waals surface area contributed by atoms with Crippen molar-refractivity contribution < 1.29 is 0 Å². The number of nitrogens with zero attached hydrogens (tertiary/aromatic N) is 1. The summed E-state index contributed by atoms with van der Waals surface area (Å²) in [5, 5.41) is 3.74. The average molecular weight is 307 g/mol. The summed E-state index contributed by atoms with van der Waals surface area (Å²) >= 11 is 2.06. The van der Waals surface area contributed by atoms with Gasteiger partial charge in [0.1, 0.15) is 0 Å². The van der Waals surface area contributed by atoms with Crippen molar-refractivity contribution in [1.82, 2.24) is 10.2 Å². The van der Waals surface area contributed by atoms with Crippen molar-refractivity contribution in [3.8, 4) is 0 Å². The Bertz CT molecular complexity index is 411. The first-order valence-corrected chi connectivity index (χ1v) is 9.69. The molecule has 1 atom stereocenters. The fourth-order valence-electron chi connectivity index (χ4n) is 3.68. The van der Waals surface area contributed by atoms with Crippen LogP contribution in [0.15, 0.2) is 6.07 Å². The van der Waals surface area contributed by atoms with Gasteiger partial charge in [0.05, 0.1) is 0 Å². The molecule has 2 aliphatic rings. The maximum atomic E-state index is 3.74. The molecule has 1 fully saturated rings. The normalized spacial score (nSPS) is 21.8. The fourth-order valence-corrected chi connectivity index (χ4v) is 4.90. The highest BCUT2D eigenvalue weighted by atomic mass is 32.1. The third kappa shape index (κ3) is 4.54. The second kappa shape index (κ2) is 7.75. The maximum Gasteiger partial charge on any atom is 0.0302 e. The van der Waals surface area contributed by atoms with Crippen LogP contribution in [0.2, 0.25) is 0 Å². The van der Waals surface area contributed by atoms with Crippen LogP contribution >= 0.6 is 11.3 Å². The minimum Gasteiger partial charge on any atom is -0.308 e. The van der Waals surface area contributed by atoms with E-state index in [1.54, 1.807) is 15.3 Å². The van der Waals surface area contributed by atoms with Crippen LogP contribution in [-0.2, 0) is 19.4 Å². The highest BCUT2D eigenvalue weighted by molar-refractivity contribution is 7.12. The molecular weight excluding hydrogens is 276 g/mol. The lowest BCUT2D eigenvalue weighted by Crippen LogP contribution is -2.41. The van der Waals surface area contributed by atoms with Gasteiger partial charge in [0.25, 0.3) is 0 Å². The number of rotatable bonds is 5. The van der Waals surface area contributed by atoms with E-state index < -0.39 is 0 Å². The van der Waals surface area contributed by atoms with Gasteiger partial charge in [-0.2, -0.15) is 0 Å². The molecule has 118 valence electrons. The molecule has 3 rings (SSSR count). The molecular formula is C18H30N2S. The minimum absolute atomic E-state index is 0.602. The molecule has 1 saturated heterocycles. The van der Waals surface area contributed by atoms with E-state index in [2.05, 4.69) is 34.5 Å². The van der Waals surface area contributed by atoms with Gasteiger partial charge in [-0.1, -0.05) is 12.8 Å². The van der Waals surface area contributed by atoms with Gasteiger partial charge in [0.15, 0.2) is 0 Å². The number of nitrogens with one attached hydrogen (secondary N) is 1.